The molecule has 0 amide bonds. The number of halogens is 2. The van der Waals surface area contributed by atoms with Crippen LogP contribution < -0.4 is 0 Å². The maximum Gasteiger partial charge on any atom is 0.162 e. The Labute approximate surface area is 91.3 Å². The maximum absolute atomic E-state index is 12.8. The van der Waals surface area contributed by atoms with Gasteiger partial charge >= 0.3 is 0 Å². The number of benzene rings is 1. The molecule has 1 unspecified atom stereocenters. The lowest BCUT2D eigenvalue weighted by molar-refractivity contribution is -0.118. The largest absolute Gasteiger partial charge is 0.493 e. The highest BCUT2D eigenvalue weighted by molar-refractivity contribution is 6.31. The molecule has 0 radical (unpaired) electrons. The van der Waals surface area contributed by atoms with Crippen molar-refractivity contribution in [2.45, 2.75) is 12.5 Å². The highest BCUT2D eigenvalue weighted by atomic mass is 35.5. The van der Waals surface area contributed by atoms with Crippen LogP contribution in [0.5, 0.6) is 0 Å². The quantitative estimate of drug-likeness (QED) is 0.736. The van der Waals surface area contributed by atoms with Crippen LogP contribution in [-0.4, -0.2) is 5.78 Å². The molecule has 1 aromatic rings. The molecular weight excluding hydrogens is 219 g/mol. The van der Waals surface area contributed by atoms with Crippen LogP contribution in [0.25, 0.3) is 0 Å². The fourth-order valence-corrected chi connectivity index (χ4v) is 1.74. The van der Waals surface area contributed by atoms with E-state index in [0.29, 0.717) is 5.56 Å². The van der Waals surface area contributed by atoms with Crippen molar-refractivity contribution < 1.29 is 13.9 Å². The summed E-state index contributed by atoms with van der Waals surface area (Å²) in [7, 11) is 0. The zero-order valence-corrected chi connectivity index (χ0v) is 8.50. The van der Waals surface area contributed by atoms with Gasteiger partial charge in [-0.2, -0.15) is 0 Å². The van der Waals surface area contributed by atoms with Crippen molar-refractivity contribution >= 4 is 17.4 Å². The summed E-state index contributed by atoms with van der Waals surface area (Å²) in [4.78, 5) is 11.1. The SMILES string of the molecule is O=C1C=COC(c2ccc(F)cc2Cl)C1. The van der Waals surface area contributed by atoms with Crippen LogP contribution >= 0.6 is 11.6 Å². The normalized spacial score (nSPS) is 20.1. The number of ether oxygens (including phenoxy) is 1. The minimum Gasteiger partial charge on any atom is -0.493 e. The van der Waals surface area contributed by atoms with Gasteiger partial charge in [0, 0.05) is 11.6 Å². The molecule has 0 aromatic heterocycles. The van der Waals surface area contributed by atoms with Gasteiger partial charge in [-0.05, 0) is 12.1 Å². The topological polar surface area (TPSA) is 26.3 Å². The van der Waals surface area contributed by atoms with Gasteiger partial charge in [0.2, 0.25) is 0 Å². The van der Waals surface area contributed by atoms with Crippen molar-refractivity contribution in [2.75, 3.05) is 0 Å². The van der Waals surface area contributed by atoms with Crippen molar-refractivity contribution in [2.24, 2.45) is 0 Å². The first-order valence-corrected chi connectivity index (χ1v) is 4.84. The number of allylic oxidation sites excluding steroid dienone is 1. The third-order valence-corrected chi connectivity index (χ3v) is 2.52. The Morgan fingerprint density at radius 3 is 2.93 bits per heavy atom. The molecule has 15 heavy (non-hydrogen) atoms. The molecule has 0 bridgehead atoms. The summed E-state index contributed by atoms with van der Waals surface area (Å²) in [5.41, 5.74) is 0.635. The first-order valence-electron chi connectivity index (χ1n) is 4.46. The van der Waals surface area contributed by atoms with Crippen LogP contribution in [0, 0.1) is 5.82 Å². The van der Waals surface area contributed by atoms with Crippen LogP contribution in [0.3, 0.4) is 0 Å². The minimum atomic E-state index is -0.407. The van der Waals surface area contributed by atoms with Gasteiger partial charge < -0.3 is 4.74 Å². The molecule has 0 fully saturated rings. The molecular formula is C11H8ClFO2. The van der Waals surface area contributed by atoms with E-state index in [1.54, 1.807) is 0 Å². The smallest absolute Gasteiger partial charge is 0.162 e. The Bertz CT molecular complexity index is 429. The predicted octanol–water partition coefficient (Wildman–Crippen LogP) is 3.02. The molecule has 4 heteroatoms. The van der Waals surface area contributed by atoms with Gasteiger partial charge in [-0.15, -0.1) is 0 Å². The number of rotatable bonds is 1. The fourth-order valence-electron chi connectivity index (χ4n) is 1.45. The third kappa shape index (κ3) is 2.18. The summed E-state index contributed by atoms with van der Waals surface area (Å²) in [6.45, 7) is 0. The van der Waals surface area contributed by atoms with Crippen LogP contribution in [0.1, 0.15) is 18.1 Å². The summed E-state index contributed by atoms with van der Waals surface area (Å²) >= 11 is 5.86. The first-order chi connectivity index (χ1) is 7.16. The molecule has 1 aliphatic rings. The van der Waals surface area contributed by atoms with E-state index in [1.165, 1.54) is 30.5 Å². The van der Waals surface area contributed by atoms with Gasteiger partial charge in [0.15, 0.2) is 5.78 Å². The monoisotopic (exact) mass is 226 g/mol. The van der Waals surface area contributed by atoms with Gasteiger partial charge in [-0.3, -0.25) is 4.79 Å². The molecule has 1 atom stereocenters. The molecule has 0 saturated heterocycles. The second kappa shape index (κ2) is 4.03. The Morgan fingerprint density at radius 2 is 2.27 bits per heavy atom. The van der Waals surface area contributed by atoms with Crippen LogP contribution in [0.2, 0.25) is 5.02 Å². The van der Waals surface area contributed by atoms with Gasteiger partial charge in [0.25, 0.3) is 0 Å². The van der Waals surface area contributed by atoms with Gasteiger partial charge in [-0.1, -0.05) is 17.7 Å². The number of hydrogen-bond acceptors (Lipinski definition) is 2. The van der Waals surface area contributed by atoms with Crippen molar-refractivity contribution in [3.63, 3.8) is 0 Å². The summed E-state index contributed by atoms with van der Waals surface area (Å²) in [6, 6.07) is 4.05. The Hall–Kier alpha value is -1.35. The minimum absolute atomic E-state index is 0.0216. The van der Waals surface area contributed by atoms with E-state index in [0.717, 1.165) is 0 Å². The lowest BCUT2D eigenvalue weighted by Gasteiger charge is -2.19. The molecule has 2 rings (SSSR count). The second-order valence-corrected chi connectivity index (χ2v) is 3.67. The summed E-state index contributed by atoms with van der Waals surface area (Å²) in [5.74, 6) is -0.423. The van der Waals surface area contributed by atoms with E-state index in [9.17, 15) is 9.18 Å². The van der Waals surface area contributed by atoms with E-state index >= 15 is 0 Å². The van der Waals surface area contributed by atoms with Crippen LogP contribution in [-0.2, 0) is 9.53 Å². The molecule has 0 aliphatic carbocycles. The average molecular weight is 227 g/mol. The highest BCUT2D eigenvalue weighted by Crippen LogP contribution is 2.30. The van der Waals surface area contributed by atoms with Crippen LogP contribution in [0.15, 0.2) is 30.5 Å². The Morgan fingerprint density at radius 1 is 1.47 bits per heavy atom. The Kier molecular flexibility index (Phi) is 2.73. The molecule has 1 aliphatic heterocycles. The number of carbonyl (C=O) groups excluding carboxylic acids is 1. The van der Waals surface area contributed by atoms with E-state index in [4.69, 9.17) is 16.3 Å². The molecule has 78 valence electrons. The Balaban J connectivity index is 2.30. The number of carbonyl (C=O) groups is 1. The van der Waals surface area contributed by atoms with Gasteiger partial charge in [0.1, 0.15) is 11.9 Å². The van der Waals surface area contributed by atoms with E-state index in [-0.39, 0.29) is 17.2 Å². The zero-order valence-electron chi connectivity index (χ0n) is 7.74. The van der Waals surface area contributed by atoms with Gasteiger partial charge in [0.05, 0.1) is 17.7 Å². The summed E-state index contributed by atoms with van der Waals surface area (Å²) in [5, 5.41) is 0.281. The second-order valence-electron chi connectivity index (χ2n) is 3.26. The van der Waals surface area contributed by atoms with Crippen LogP contribution in [0.4, 0.5) is 4.39 Å². The summed E-state index contributed by atoms with van der Waals surface area (Å²) < 4.78 is 18.0. The lowest BCUT2D eigenvalue weighted by Crippen LogP contribution is -2.11. The number of hydrogen-bond donors (Lipinski definition) is 0. The zero-order chi connectivity index (χ0) is 10.8. The molecule has 0 N–H and O–H groups in total. The van der Waals surface area contributed by atoms with Gasteiger partial charge in [-0.25, -0.2) is 4.39 Å². The maximum atomic E-state index is 12.8. The van der Waals surface area contributed by atoms with E-state index in [2.05, 4.69) is 0 Å². The fraction of sp³-hybridized carbons (Fsp3) is 0.182. The van der Waals surface area contributed by atoms with E-state index < -0.39 is 11.9 Å². The molecule has 0 saturated carbocycles. The molecule has 2 nitrogen and oxygen atoms in total. The third-order valence-electron chi connectivity index (χ3n) is 2.19. The standard InChI is InChI=1S/C11H8ClFO2/c12-10-5-7(13)1-2-9(10)11-6-8(14)3-4-15-11/h1-5,11H,6H2. The predicted molar refractivity (Wildman–Crippen MR) is 54.0 cm³/mol. The molecule has 0 spiro atoms. The van der Waals surface area contributed by atoms with Crippen molar-refractivity contribution in [1.29, 1.82) is 0 Å². The highest BCUT2D eigenvalue weighted by Gasteiger charge is 2.21. The molecule has 1 aromatic carbocycles. The number of ketones is 1. The lowest BCUT2D eigenvalue weighted by atomic mass is 10.0. The average Bonchev–Trinajstić information content (AvgIpc) is 2.17. The first kappa shape index (κ1) is 10.2. The molecule has 1 heterocycles. The van der Waals surface area contributed by atoms with E-state index in [1.807, 2.05) is 0 Å². The van der Waals surface area contributed by atoms with Crippen molar-refractivity contribution in [3.05, 3.63) is 46.9 Å². The van der Waals surface area contributed by atoms with Crippen molar-refractivity contribution in [3.8, 4) is 0 Å². The van der Waals surface area contributed by atoms with Crippen molar-refractivity contribution in [1.82, 2.24) is 0 Å². The summed E-state index contributed by atoms with van der Waals surface area (Å²) in [6.07, 6.45) is 2.54.